The average Bonchev–Trinajstić information content (AvgIpc) is 3.14. The minimum absolute atomic E-state index is 0.0908. The summed E-state index contributed by atoms with van der Waals surface area (Å²) in [6.07, 6.45) is 3.53. The van der Waals surface area contributed by atoms with E-state index in [1.807, 2.05) is 36.4 Å². The number of hydrogen-bond acceptors (Lipinski definition) is 5. The van der Waals surface area contributed by atoms with Gasteiger partial charge in [-0.15, -0.1) is 11.7 Å². The predicted octanol–water partition coefficient (Wildman–Crippen LogP) is 1.03. The molecule has 3 heterocycles. The highest BCUT2D eigenvalue weighted by molar-refractivity contribution is 5.98. The number of nitrogens with zero attached hydrogens (tertiary/aromatic N) is 5. The van der Waals surface area contributed by atoms with E-state index >= 15 is 0 Å². The number of piperazine rings is 1. The van der Waals surface area contributed by atoms with Gasteiger partial charge in [-0.1, -0.05) is 41.6 Å². The molecule has 1 aliphatic rings. The molecule has 1 fully saturated rings. The van der Waals surface area contributed by atoms with Crippen molar-refractivity contribution in [3.63, 3.8) is 0 Å². The highest BCUT2D eigenvalue weighted by Gasteiger charge is 2.26. The summed E-state index contributed by atoms with van der Waals surface area (Å²) in [6, 6.07) is 9.47. The second-order valence-electron chi connectivity index (χ2n) is 6.48. The van der Waals surface area contributed by atoms with Gasteiger partial charge in [0.1, 0.15) is 0 Å². The van der Waals surface area contributed by atoms with E-state index in [1.54, 1.807) is 11.1 Å². The van der Waals surface area contributed by atoms with Gasteiger partial charge in [-0.2, -0.15) is 0 Å². The van der Waals surface area contributed by atoms with Crippen molar-refractivity contribution in [1.29, 1.82) is 0 Å². The van der Waals surface area contributed by atoms with Crippen LogP contribution in [0.3, 0.4) is 0 Å². The van der Waals surface area contributed by atoms with Gasteiger partial charge in [0, 0.05) is 32.7 Å². The Morgan fingerprint density at radius 3 is 2.63 bits per heavy atom. The van der Waals surface area contributed by atoms with Crippen LogP contribution in [0.2, 0.25) is 0 Å². The Balaban J connectivity index is 1.63. The molecule has 4 rings (SSSR count). The molecule has 0 atom stereocenters. The molecule has 0 saturated carbocycles. The van der Waals surface area contributed by atoms with Crippen molar-refractivity contribution in [2.75, 3.05) is 32.7 Å². The minimum Gasteiger partial charge on any atom is -0.335 e. The van der Waals surface area contributed by atoms with Gasteiger partial charge in [-0.3, -0.25) is 14.5 Å². The summed E-state index contributed by atoms with van der Waals surface area (Å²) in [7, 11) is 0. The topological polar surface area (TPSA) is 86.6 Å². The number of carbonyl (C=O) groups is 1. The highest BCUT2D eigenvalue weighted by Crippen LogP contribution is 2.16. The van der Waals surface area contributed by atoms with Crippen LogP contribution in [0.15, 0.2) is 54.0 Å². The van der Waals surface area contributed by atoms with Gasteiger partial charge in [-0.05, 0) is 5.56 Å². The van der Waals surface area contributed by atoms with Crippen molar-refractivity contribution in [3.8, 4) is 11.3 Å². The zero-order valence-corrected chi connectivity index (χ0v) is 14.8. The Morgan fingerprint density at radius 1 is 1.19 bits per heavy atom. The maximum Gasteiger partial charge on any atom is 0.277 e. The van der Waals surface area contributed by atoms with E-state index in [-0.39, 0.29) is 22.7 Å². The number of carbonyl (C=O) groups excluding carboxylic acids is 1. The average molecular weight is 364 g/mol. The molecular formula is C19H20N6O2. The fourth-order valence-electron chi connectivity index (χ4n) is 3.31. The second-order valence-corrected chi connectivity index (χ2v) is 6.48. The summed E-state index contributed by atoms with van der Waals surface area (Å²) in [6.45, 7) is 7.26. The molecule has 0 radical (unpaired) electrons. The van der Waals surface area contributed by atoms with Gasteiger partial charge >= 0.3 is 0 Å². The van der Waals surface area contributed by atoms with Crippen LogP contribution in [-0.4, -0.2) is 68.2 Å². The molecule has 1 N–H and O–H groups in total. The van der Waals surface area contributed by atoms with E-state index in [1.165, 1.54) is 4.52 Å². The molecular weight excluding hydrogens is 344 g/mol. The van der Waals surface area contributed by atoms with Crippen LogP contribution >= 0.6 is 0 Å². The Kier molecular flexibility index (Phi) is 4.55. The quantitative estimate of drug-likeness (QED) is 0.699. The van der Waals surface area contributed by atoms with E-state index in [4.69, 9.17) is 0 Å². The zero-order valence-electron chi connectivity index (χ0n) is 14.8. The fourth-order valence-corrected chi connectivity index (χ4v) is 3.31. The van der Waals surface area contributed by atoms with Gasteiger partial charge in [0.25, 0.3) is 11.5 Å². The lowest BCUT2D eigenvalue weighted by atomic mass is 10.1. The van der Waals surface area contributed by atoms with Crippen molar-refractivity contribution >= 4 is 11.4 Å². The summed E-state index contributed by atoms with van der Waals surface area (Å²) in [5.74, 6) is -0.263. The molecule has 1 aromatic carbocycles. The summed E-state index contributed by atoms with van der Waals surface area (Å²) in [5, 5.41) is 7.99. The largest absolute Gasteiger partial charge is 0.335 e. The third-order valence-electron chi connectivity index (χ3n) is 4.74. The third-order valence-corrected chi connectivity index (χ3v) is 4.74. The summed E-state index contributed by atoms with van der Waals surface area (Å²) in [5.41, 5.74) is 1.37. The van der Waals surface area contributed by atoms with Crippen LogP contribution in [-0.2, 0) is 0 Å². The molecule has 8 nitrogen and oxygen atoms in total. The number of rotatable bonds is 4. The van der Waals surface area contributed by atoms with E-state index in [0.29, 0.717) is 18.8 Å². The Bertz CT molecular complexity index is 1030. The van der Waals surface area contributed by atoms with Crippen molar-refractivity contribution in [2.45, 2.75) is 0 Å². The predicted molar refractivity (Wildman–Crippen MR) is 102 cm³/mol. The number of hydrogen-bond donors (Lipinski definition) is 1. The monoisotopic (exact) mass is 364 g/mol. The molecule has 3 aromatic rings. The maximum atomic E-state index is 12.9. The Morgan fingerprint density at radius 2 is 1.93 bits per heavy atom. The third kappa shape index (κ3) is 3.26. The van der Waals surface area contributed by atoms with Crippen LogP contribution < -0.4 is 5.56 Å². The molecule has 1 aliphatic heterocycles. The second kappa shape index (κ2) is 7.16. The van der Waals surface area contributed by atoms with E-state index in [0.717, 1.165) is 25.2 Å². The van der Waals surface area contributed by atoms with Crippen molar-refractivity contribution < 1.29 is 4.79 Å². The SMILES string of the molecule is C=CCN1CCN(C(=O)c2nnn3cc(-c4ccccc4)[nH]c(=O)c23)CC1. The number of benzene rings is 1. The Labute approximate surface area is 155 Å². The van der Waals surface area contributed by atoms with Crippen LogP contribution in [0.4, 0.5) is 0 Å². The minimum atomic E-state index is -0.380. The van der Waals surface area contributed by atoms with Crippen molar-refractivity contribution in [1.82, 2.24) is 29.6 Å². The fraction of sp³-hybridized carbons (Fsp3) is 0.263. The number of nitrogens with one attached hydrogen (secondary N) is 1. The smallest absolute Gasteiger partial charge is 0.277 e. The molecule has 0 aliphatic carbocycles. The molecule has 1 saturated heterocycles. The summed E-state index contributed by atoms with van der Waals surface area (Å²) in [4.78, 5) is 32.3. The lowest BCUT2D eigenvalue weighted by molar-refractivity contribution is 0.0646. The van der Waals surface area contributed by atoms with Gasteiger partial charge in [0.2, 0.25) is 0 Å². The molecule has 2 aromatic heterocycles. The first-order valence-electron chi connectivity index (χ1n) is 8.83. The first-order chi connectivity index (χ1) is 13.2. The molecule has 0 bridgehead atoms. The van der Waals surface area contributed by atoms with Crippen LogP contribution in [0.5, 0.6) is 0 Å². The normalized spacial score (nSPS) is 15.2. The molecule has 27 heavy (non-hydrogen) atoms. The number of aromatic amines is 1. The van der Waals surface area contributed by atoms with E-state index in [2.05, 4.69) is 26.8 Å². The van der Waals surface area contributed by atoms with Gasteiger partial charge < -0.3 is 9.88 Å². The van der Waals surface area contributed by atoms with Crippen LogP contribution in [0, 0.1) is 0 Å². The first kappa shape index (κ1) is 17.2. The maximum absolute atomic E-state index is 12.9. The Hall–Kier alpha value is -3.26. The van der Waals surface area contributed by atoms with E-state index in [9.17, 15) is 9.59 Å². The summed E-state index contributed by atoms with van der Waals surface area (Å²) < 4.78 is 1.38. The number of H-pyrrole nitrogens is 1. The lowest BCUT2D eigenvalue weighted by Gasteiger charge is -2.33. The molecule has 8 heteroatoms. The standard InChI is InChI=1S/C19H20N6O2/c1-2-8-23-9-11-24(12-10-23)19(27)16-17-18(26)20-15(13-25(17)22-21-16)14-6-4-3-5-7-14/h2-7,13H,1,8-12H2,(H,20,26). The zero-order chi connectivity index (χ0) is 18.8. The van der Waals surface area contributed by atoms with Crippen LogP contribution in [0.25, 0.3) is 16.8 Å². The van der Waals surface area contributed by atoms with Crippen molar-refractivity contribution in [2.24, 2.45) is 0 Å². The van der Waals surface area contributed by atoms with Crippen LogP contribution in [0.1, 0.15) is 10.5 Å². The van der Waals surface area contributed by atoms with Gasteiger partial charge in [-0.25, -0.2) is 4.52 Å². The molecule has 0 spiro atoms. The number of fused-ring (bicyclic) bond motifs is 1. The number of aromatic nitrogens is 4. The lowest BCUT2D eigenvalue weighted by Crippen LogP contribution is -2.48. The molecule has 138 valence electrons. The first-order valence-corrected chi connectivity index (χ1v) is 8.83. The van der Waals surface area contributed by atoms with Crippen molar-refractivity contribution in [3.05, 3.63) is 65.2 Å². The number of amides is 1. The van der Waals surface area contributed by atoms with Gasteiger partial charge in [0.05, 0.1) is 11.9 Å². The van der Waals surface area contributed by atoms with Gasteiger partial charge in [0.15, 0.2) is 11.2 Å². The van der Waals surface area contributed by atoms with E-state index < -0.39 is 0 Å². The highest BCUT2D eigenvalue weighted by atomic mass is 16.2. The summed E-state index contributed by atoms with van der Waals surface area (Å²) >= 11 is 0. The molecule has 1 amide bonds. The molecule has 0 unspecified atom stereocenters.